The van der Waals surface area contributed by atoms with Gasteiger partial charge in [-0.3, -0.25) is 4.79 Å². The molecule has 92 valence electrons. The second kappa shape index (κ2) is 5.40. The molecule has 1 heterocycles. The van der Waals surface area contributed by atoms with Crippen LogP contribution in [-0.4, -0.2) is 17.9 Å². The lowest BCUT2D eigenvalue weighted by molar-refractivity contribution is 0.0985. The molecule has 0 fully saturated rings. The quantitative estimate of drug-likeness (QED) is 0.777. The summed E-state index contributed by atoms with van der Waals surface area (Å²) in [4.78, 5) is 16.0. The van der Waals surface area contributed by atoms with Crippen LogP contribution in [0.15, 0.2) is 42.6 Å². The summed E-state index contributed by atoms with van der Waals surface area (Å²) in [6, 6.07) is 9.33. The van der Waals surface area contributed by atoms with Crippen molar-refractivity contribution in [2.24, 2.45) is 0 Å². The molecule has 2 aromatic rings. The van der Waals surface area contributed by atoms with E-state index in [0.29, 0.717) is 11.3 Å². The number of ether oxygens (including phenoxy) is 1. The molecule has 1 aromatic heterocycles. The molecule has 0 radical (unpaired) electrons. The SMILES string of the molecule is COc1cccnc1C(=O)Cc1cccc(F)c1. The van der Waals surface area contributed by atoms with Crippen molar-refractivity contribution in [3.63, 3.8) is 0 Å². The zero-order chi connectivity index (χ0) is 13.0. The first-order valence-corrected chi connectivity index (χ1v) is 5.47. The van der Waals surface area contributed by atoms with Crippen molar-refractivity contribution < 1.29 is 13.9 Å². The van der Waals surface area contributed by atoms with Gasteiger partial charge in [0.1, 0.15) is 17.3 Å². The smallest absolute Gasteiger partial charge is 0.189 e. The number of hydrogen-bond donors (Lipinski definition) is 0. The maximum Gasteiger partial charge on any atom is 0.189 e. The maximum absolute atomic E-state index is 13.0. The third-order valence-corrected chi connectivity index (χ3v) is 2.51. The van der Waals surface area contributed by atoms with Crippen LogP contribution < -0.4 is 4.74 Å². The number of methoxy groups -OCH3 is 1. The third kappa shape index (κ3) is 2.71. The van der Waals surface area contributed by atoms with Crippen LogP contribution in [-0.2, 0) is 6.42 Å². The lowest BCUT2D eigenvalue weighted by atomic mass is 10.1. The van der Waals surface area contributed by atoms with Gasteiger partial charge in [-0.15, -0.1) is 0 Å². The minimum atomic E-state index is -0.353. The molecule has 0 saturated heterocycles. The Hall–Kier alpha value is -2.23. The van der Waals surface area contributed by atoms with E-state index in [1.165, 1.54) is 25.4 Å². The van der Waals surface area contributed by atoms with E-state index < -0.39 is 0 Å². The van der Waals surface area contributed by atoms with Gasteiger partial charge in [0.25, 0.3) is 0 Å². The molecule has 0 aliphatic carbocycles. The maximum atomic E-state index is 13.0. The summed E-state index contributed by atoms with van der Waals surface area (Å²) in [6.45, 7) is 0. The van der Waals surface area contributed by atoms with Crippen LogP contribution in [0, 0.1) is 5.82 Å². The Morgan fingerprint density at radius 3 is 2.89 bits per heavy atom. The molecule has 2 rings (SSSR count). The molecule has 0 amide bonds. The van der Waals surface area contributed by atoms with Gasteiger partial charge in [-0.25, -0.2) is 9.37 Å². The average molecular weight is 245 g/mol. The largest absolute Gasteiger partial charge is 0.494 e. The zero-order valence-corrected chi connectivity index (χ0v) is 9.89. The van der Waals surface area contributed by atoms with Gasteiger partial charge in [0.05, 0.1) is 7.11 Å². The fourth-order valence-corrected chi connectivity index (χ4v) is 1.68. The molecule has 0 atom stereocenters. The summed E-state index contributed by atoms with van der Waals surface area (Å²) in [5, 5.41) is 0. The monoisotopic (exact) mass is 245 g/mol. The van der Waals surface area contributed by atoms with Crippen LogP contribution in [0.2, 0.25) is 0 Å². The molecule has 0 aliphatic heterocycles. The van der Waals surface area contributed by atoms with Crippen LogP contribution in [0.5, 0.6) is 5.75 Å². The highest BCUT2D eigenvalue weighted by Crippen LogP contribution is 2.17. The molecular weight excluding hydrogens is 233 g/mol. The van der Waals surface area contributed by atoms with Gasteiger partial charge in [0.2, 0.25) is 0 Å². The van der Waals surface area contributed by atoms with Gasteiger partial charge < -0.3 is 4.74 Å². The predicted molar refractivity (Wildman–Crippen MR) is 65.2 cm³/mol. The second-order valence-electron chi connectivity index (χ2n) is 3.78. The van der Waals surface area contributed by atoms with Crippen molar-refractivity contribution in [2.75, 3.05) is 7.11 Å². The number of pyridine rings is 1. The Bertz CT molecular complexity index is 569. The first kappa shape index (κ1) is 12.2. The average Bonchev–Trinajstić information content (AvgIpc) is 2.38. The topological polar surface area (TPSA) is 39.2 Å². The highest BCUT2D eigenvalue weighted by Gasteiger charge is 2.14. The summed E-state index contributed by atoms with van der Waals surface area (Å²) in [5.41, 5.74) is 0.886. The second-order valence-corrected chi connectivity index (χ2v) is 3.78. The van der Waals surface area contributed by atoms with Crippen LogP contribution in [0.4, 0.5) is 4.39 Å². The molecule has 0 unspecified atom stereocenters. The van der Waals surface area contributed by atoms with Gasteiger partial charge in [0, 0.05) is 12.6 Å². The van der Waals surface area contributed by atoms with Crippen molar-refractivity contribution in [3.8, 4) is 5.75 Å². The van der Waals surface area contributed by atoms with Crippen molar-refractivity contribution in [1.29, 1.82) is 0 Å². The van der Waals surface area contributed by atoms with E-state index in [4.69, 9.17) is 4.74 Å². The van der Waals surface area contributed by atoms with E-state index in [1.54, 1.807) is 24.3 Å². The highest BCUT2D eigenvalue weighted by molar-refractivity contribution is 5.98. The number of benzene rings is 1. The molecule has 0 saturated carbocycles. The van der Waals surface area contributed by atoms with E-state index in [-0.39, 0.29) is 23.7 Å². The van der Waals surface area contributed by atoms with Crippen molar-refractivity contribution in [2.45, 2.75) is 6.42 Å². The van der Waals surface area contributed by atoms with E-state index in [1.807, 2.05) is 0 Å². The Labute approximate surface area is 104 Å². The minimum Gasteiger partial charge on any atom is -0.494 e. The number of halogens is 1. The third-order valence-electron chi connectivity index (χ3n) is 2.51. The Balaban J connectivity index is 2.22. The number of carbonyl (C=O) groups excluding carboxylic acids is 1. The normalized spacial score (nSPS) is 10.1. The number of rotatable bonds is 4. The van der Waals surface area contributed by atoms with Crippen LogP contribution >= 0.6 is 0 Å². The van der Waals surface area contributed by atoms with Crippen LogP contribution in [0.25, 0.3) is 0 Å². The first-order valence-electron chi connectivity index (χ1n) is 5.47. The summed E-state index contributed by atoms with van der Waals surface area (Å²) in [6.07, 6.45) is 1.63. The molecule has 0 N–H and O–H groups in total. The van der Waals surface area contributed by atoms with Crippen molar-refractivity contribution in [3.05, 3.63) is 59.7 Å². The van der Waals surface area contributed by atoms with Gasteiger partial charge in [-0.2, -0.15) is 0 Å². The molecule has 4 heteroatoms. The number of hydrogen-bond acceptors (Lipinski definition) is 3. The Kier molecular flexibility index (Phi) is 3.67. The Morgan fingerprint density at radius 2 is 2.17 bits per heavy atom. The van der Waals surface area contributed by atoms with E-state index in [9.17, 15) is 9.18 Å². The standard InChI is InChI=1S/C14H12FNO2/c1-18-13-6-3-7-16-14(13)12(17)9-10-4-2-5-11(15)8-10/h2-8H,9H2,1H3. The van der Waals surface area contributed by atoms with Gasteiger partial charge in [-0.1, -0.05) is 12.1 Å². The fourth-order valence-electron chi connectivity index (χ4n) is 1.68. The van der Waals surface area contributed by atoms with Gasteiger partial charge >= 0.3 is 0 Å². The molecular formula is C14H12FNO2. The molecule has 3 nitrogen and oxygen atoms in total. The van der Waals surface area contributed by atoms with E-state index in [2.05, 4.69) is 4.98 Å². The zero-order valence-electron chi connectivity index (χ0n) is 9.89. The predicted octanol–water partition coefficient (Wildman–Crippen LogP) is 2.65. The lowest BCUT2D eigenvalue weighted by Gasteiger charge is -2.06. The van der Waals surface area contributed by atoms with Gasteiger partial charge in [0.15, 0.2) is 5.78 Å². The number of aromatic nitrogens is 1. The van der Waals surface area contributed by atoms with Crippen molar-refractivity contribution >= 4 is 5.78 Å². The number of ketones is 1. The summed E-state index contributed by atoms with van der Waals surface area (Å²) < 4.78 is 18.1. The summed E-state index contributed by atoms with van der Waals surface area (Å²) in [5.74, 6) is -0.120. The molecule has 0 bridgehead atoms. The number of carbonyl (C=O) groups is 1. The molecule has 1 aromatic carbocycles. The van der Waals surface area contributed by atoms with Crippen molar-refractivity contribution in [1.82, 2.24) is 4.98 Å². The Morgan fingerprint density at radius 1 is 1.33 bits per heavy atom. The van der Waals surface area contributed by atoms with E-state index >= 15 is 0 Å². The summed E-state index contributed by atoms with van der Waals surface area (Å²) >= 11 is 0. The fraction of sp³-hybridized carbons (Fsp3) is 0.143. The lowest BCUT2D eigenvalue weighted by Crippen LogP contribution is -2.08. The number of Topliss-reactive ketones (excluding diaryl/α,β-unsaturated/α-hetero) is 1. The summed E-state index contributed by atoms with van der Waals surface area (Å²) in [7, 11) is 1.48. The number of nitrogens with zero attached hydrogens (tertiary/aromatic N) is 1. The van der Waals surface area contributed by atoms with Crippen LogP contribution in [0.1, 0.15) is 16.1 Å². The molecule has 0 aliphatic rings. The minimum absolute atomic E-state index is 0.102. The van der Waals surface area contributed by atoms with E-state index in [0.717, 1.165) is 0 Å². The molecule has 0 spiro atoms. The highest BCUT2D eigenvalue weighted by atomic mass is 19.1. The van der Waals surface area contributed by atoms with Gasteiger partial charge in [-0.05, 0) is 29.8 Å². The first-order chi connectivity index (χ1) is 8.70. The van der Waals surface area contributed by atoms with Crippen LogP contribution in [0.3, 0.4) is 0 Å². The molecule has 18 heavy (non-hydrogen) atoms.